The molecular weight excluding hydrogens is 530 g/mol. The zero-order chi connectivity index (χ0) is 29.9. The van der Waals surface area contributed by atoms with Crippen LogP contribution in [0.2, 0.25) is 0 Å². The first kappa shape index (κ1) is 29.4. The summed E-state index contributed by atoms with van der Waals surface area (Å²) in [6, 6.07) is 9.78. The number of pyridine rings is 2. The van der Waals surface area contributed by atoms with E-state index in [0.717, 1.165) is 18.2 Å². The number of benzene rings is 1. The number of anilines is 1. The number of rotatable bonds is 6. The van der Waals surface area contributed by atoms with E-state index in [9.17, 15) is 23.6 Å². The van der Waals surface area contributed by atoms with Crippen molar-refractivity contribution < 1.29 is 23.1 Å². The van der Waals surface area contributed by atoms with Crippen LogP contribution in [0.5, 0.6) is 0 Å². The molecule has 1 saturated heterocycles. The molecule has 0 radical (unpaired) electrons. The van der Waals surface area contributed by atoms with Gasteiger partial charge in [0.2, 0.25) is 0 Å². The number of carbonyl (C=O) groups is 2. The molecule has 1 fully saturated rings. The van der Waals surface area contributed by atoms with E-state index >= 15 is 0 Å². The van der Waals surface area contributed by atoms with Crippen LogP contribution in [0.3, 0.4) is 0 Å². The van der Waals surface area contributed by atoms with Crippen LogP contribution < -0.4 is 15.5 Å². The van der Waals surface area contributed by atoms with Gasteiger partial charge in [-0.05, 0) is 70.9 Å². The maximum Gasteiger partial charge on any atom is 0.408 e. The normalized spacial score (nSPS) is 17.5. The second kappa shape index (κ2) is 11.5. The second-order valence-corrected chi connectivity index (χ2v) is 11.3. The van der Waals surface area contributed by atoms with Crippen molar-refractivity contribution in [3.05, 3.63) is 77.4 Å². The zero-order valence-electron chi connectivity index (χ0n) is 23.6. The third-order valence-electron chi connectivity index (χ3n) is 6.62. The van der Waals surface area contributed by atoms with Crippen LogP contribution >= 0.6 is 0 Å². The van der Waals surface area contributed by atoms with Gasteiger partial charge in [0.05, 0.1) is 28.5 Å². The van der Waals surface area contributed by atoms with E-state index in [2.05, 4.69) is 20.6 Å². The Bertz CT molecular complexity index is 1480. The maximum atomic E-state index is 14.4. The van der Waals surface area contributed by atoms with E-state index < -0.39 is 40.8 Å². The van der Waals surface area contributed by atoms with Crippen LogP contribution in [0.1, 0.15) is 68.8 Å². The van der Waals surface area contributed by atoms with Gasteiger partial charge in [-0.2, -0.15) is 5.26 Å². The molecule has 2 atom stereocenters. The van der Waals surface area contributed by atoms with Gasteiger partial charge >= 0.3 is 6.09 Å². The highest BCUT2D eigenvalue weighted by molar-refractivity contribution is 6.04. The summed E-state index contributed by atoms with van der Waals surface area (Å²) in [5.74, 6) is -2.19. The van der Waals surface area contributed by atoms with Gasteiger partial charge in [-0.15, -0.1) is 0 Å². The molecule has 2 N–H and O–H groups in total. The van der Waals surface area contributed by atoms with E-state index in [-0.39, 0.29) is 34.6 Å². The third kappa shape index (κ3) is 6.95. The van der Waals surface area contributed by atoms with Gasteiger partial charge in [-0.1, -0.05) is 6.07 Å². The number of nitriles is 1. The lowest BCUT2D eigenvalue weighted by molar-refractivity contribution is 0.0473. The van der Waals surface area contributed by atoms with E-state index in [4.69, 9.17) is 4.74 Å². The zero-order valence-corrected chi connectivity index (χ0v) is 23.6. The molecule has 41 heavy (non-hydrogen) atoms. The van der Waals surface area contributed by atoms with Crippen molar-refractivity contribution in [1.29, 1.82) is 5.26 Å². The molecule has 0 saturated carbocycles. The Hall–Kier alpha value is -4.59. The van der Waals surface area contributed by atoms with Crippen LogP contribution in [-0.2, 0) is 4.74 Å². The molecule has 0 unspecified atom stereocenters. The Morgan fingerprint density at radius 1 is 1.17 bits per heavy atom. The van der Waals surface area contributed by atoms with Crippen molar-refractivity contribution in [2.24, 2.45) is 0 Å². The number of amides is 2. The summed E-state index contributed by atoms with van der Waals surface area (Å²) in [6.45, 7) is 9.49. The minimum atomic E-state index is -0.841. The highest BCUT2D eigenvalue weighted by atomic mass is 19.1. The van der Waals surface area contributed by atoms with Gasteiger partial charge in [-0.25, -0.2) is 18.6 Å². The average Bonchev–Trinajstić information content (AvgIpc) is 3.27. The standard InChI is InChI=1S/C30H32F2N6O3/c1-18(23-8-6-7-10-34-23)36-27(39)22-16-35-24(15-33)25(19-12-20(31)14-21(32)13-19)26(22)38-11-9-30(5,17-38)37-28(40)41-29(2,3)4/h6-8,10,12-14,16,18H,9,11,17H2,1-5H3,(H,36,39)(H,37,40)/t18-,30-/m0/s1. The molecule has 3 aromatic rings. The molecular formula is C30H32F2N6O3. The molecule has 0 bridgehead atoms. The Balaban J connectivity index is 1.79. The number of alkyl carbamates (subject to hydrolysis) is 1. The number of ether oxygens (including phenoxy) is 1. The molecule has 2 aromatic heterocycles. The third-order valence-corrected chi connectivity index (χ3v) is 6.62. The Labute approximate surface area is 237 Å². The van der Waals surface area contributed by atoms with Gasteiger partial charge in [0, 0.05) is 37.1 Å². The first-order valence-corrected chi connectivity index (χ1v) is 13.2. The minimum Gasteiger partial charge on any atom is -0.444 e. The predicted octanol–water partition coefficient (Wildman–Crippen LogP) is 5.28. The van der Waals surface area contributed by atoms with Crippen molar-refractivity contribution in [3.8, 4) is 17.2 Å². The molecule has 1 aliphatic rings. The molecule has 214 valence electrons. The summed E-state index contributed by atoms with van der Waals surface area (Å²) in [6.07, 6.45) is 2.78. The minimum absolute atomic E-state index is 0.0580. The smallest absolute Gasteiger partial charge is 0.408 e. The number of hydrogen-bond acceptors (Lipinski definition) is 7. The van der Waals surface area contributed by atoms with Gasteiger partial charge < -0.3 is 20.3 Å². The van der Waals surface area contributed by atoms with Crippen molar-refractivity contribution in [3.63, 3.8) is 0 Å². The molecule has 0 spiro atoms. The van der Waals surface area contributed by atoms with E-state index in [0.29, 0.717) is 18.7 Å². The van der Waals surface area contributed by atoms with Crippen molar-refractivity contribution in [1.82, 2.24) is 20.6 Å². The highest BCUT2D eigenvalue weighted by Gasteiger charge is 2.39. The summed E-state index contributed by atoms with van der Waals surface area (Å²) in [4.78, 5) is 36.6. The lowest BCUT2D eigenvalue weighted by Crippen LogP contribution is -2.49. The van der Waals surface area contributed by atoms with E-state index in [1.807, 2.05) is 17.9 Å². The predicted molar refractivity (Wildman–Crippen MR) is 149 cm³/mol. The first-order valence-electron chi connectivity index (χ1n) is 13.2. The van der Waals surface area contributed by atoms with Crippen LogP contribution in [0.4, 0.5) is 19.3 Å². The van der Waals surface area contributed by atoms with Crippen molar-refractivity contribution >= 4 is 17.7 Å². The summed E-state index contributed by atoms with van der Waals surface area (Å²) in [7, 11) is 0. The monoisotopic (exact) mass is 562 g/mol. The summed E-state index contributed by atoms with van der Waals surface area (Å²) in [5, 5.41) is 15.8. The van der Waals surface area contributed by atoms with Gasteiger partial charge in [0.15, 0.2) is 0 Å². The van der Waals surface area contributed by atoms with Gasteiger partial charge in [0.25, 0.3) is 5.91 Å². The molecule has 4 rings (SSSR count). The molecule has 1 aromatic carbocycles. The van der Waals surface area contributed by atoms with Crippen molar-refractivity contribution in [2.75, 3.05) is 18.0 Å². The van der Waals surface area contributed by atoms with Crippen LogP contribution in [0.25, 0.3) is 11.1 Å². The fraction of sp³-hybridized carbons (Fsp3) is 0.367. The number of nitrogens with zero attached hydrogens (tertiary/aromatic N) is 4. The largest absolute Gasteiger partial charge is 0.444 e. The molecule has 2 amide bonds. The number of hydrogen-bond donors (Lipinski definition) is 2. The number of aromatic nitrogens is 2. The quantitative estimate of drug-likeness (QED) is 0.420. The van der Waals surface area contributed by atoms with Gasteiger partial charge in [-0.3, -0.25) is 9.78 Å². The van der Waals surface area contributed by atoms with Crippen LogP contribution in [0, 0.1) is 23.0 Å². The SMILES string of the molecule is C[C@H](NC(=O)c1cnc(C#N)c(-c2cc(F)cc(F)c2)c1N1CC[C@](C)(NC(=O)OC(C)(C)C)C1)c1ccccn1. The first-order chi connectivity index (χ1) is 19.3. The van der Waals surface area contributed by atoms with Crippen molar-refractivity contribution in [2.45, 2.75) is 58.2 Å². The Morgan fingerprint density at radius 3 is 2.49 bits per heavy atom. The molecule has 3 heterocycles. The molecule has 11 heteroatoms. The number of nitrogens with one attached hydrogen (secondary N) is 2. The van der Waals surface area contributed by atoms with Gasteiger partial charge in [0.1, 0.15) is 29.0 Å². The molecule has 1 aliphatic heterocycles. The fourth-order valence-electron chi connectivity index (χ4n) is 4.84. The summed E-state index contributed by atoms with van der Waals surface area (Å²) in [5.41, 5.74) is -0.379. The van der Waals surface area contributed by atoms with E-state index in [1.54, 1.807) is 52.1 Å². The highest BCUT2D eigenvalue weighted by Crippen LogP contribution is 2.40. The van der Waals surface area contributed by atoms with Crippen LogP contribution in [0.15, 0.2) is 48.8 Å². The Kier molecular flexibility index (Phi) is 8.24. The average molecular weight is 563 g/mol. The molecule has 0 aliphatic carbocycles. The second-order valence-electron chi connectivity index (χ2n) is 11.3. The number of halogens is 2. The van der Waals surface area contributed by atoms with Crippen LogP contribution in [-0.4, -0.2) is 46.2 Å². The topological polar surface area (TPSA) is 120 Å². The summed E-state index contributed by atoms with van der Waals surface area (Å²) >= 11 is 0. The lowest BCUT2D eigenvalue weighted by atomic mass is 9.97. The maximum absolute atomic E-state index is 14.4. The number of carbonyl (C=O) groups excluding carboxylic acids is 2. The van der Waals surface area contributed by atoms with E-state index in [1.165, 1.54) is 6.20 Å². The lowest BCUT2D eigenvalue weighted by Gasteiger charge is -2.30. The fourth-order valence-corrected chi connectivity index (χ4v) is 4.84. The molecule has 9 nitrogen and oxygen atoms in total. The summed E-state index contributed by atoms with van der Waals surface area (Å²) < 4.78 is 34.2. The Morgan fingerprint density at radius 2 is 1.88 bits per heavy atom.